The number of benzene rings is 2. The van der Waals surface area contributed by atoms with Gasteiger partial charge in [-0.3, -0.25) is 4.79 Å². The third-order valence-electron chi connectivity index (χ3n) is 4.24. The molecule has 1 amide bonds. The number of nitrogens with zero attached hydrogens (tertiary/aromatic N) is 3. The van der Waals surface area contributed by atoms with E-state index in [1.807, 2.05) is 48.5 Å². The zero-order chi connectivity index (χ0) is 17.1. The Balaban J connectivity index is 1.30. The van der Waals surface area contributed by atoms with Crippen LogP contribution in [0.1, 0.15) is 16.7 Å². The second-order valence-electron chi connectivity index (χ2n) is 6.05. The van der Waals surface area contributed by atoms with E-state index >= 15 is 0 Å². The molecule has 2 aromatic carbocycles. The lowest BCUT2D eigenvalue weighted by Crippen LogP contribution is -2.37. The van der Waals surface area contributed by atoms with E-state index in [1.165, 1.54) is 6.33 Å². The molecule has 1 aliphatic rings. The molecular formula is C19H18N4O2. The van der Waals surface area contributed by atoms with Crippen LogP contribution < -0.4 is 10.1 Å². The number of nitrogens with one attached hydrogen (secondary N) is 1. The minimum atomic E-state index is -0.441. The molecule has 2 heterocycles. The van der Waals surface area contributed by atoms with E-state index in [0.717, 1.165) is 22.4 Å². The van der Waals surface area contributed by atoms with E-state index in [9.17, 15) is 4.79 Å². The molecule has 1 N–H and O–H groups in total. The Labute approximate surface area is 145 Å². The number of aromatic nitrogens is 3. The zero-order valence-electron chi connectivity index (χ0n) is 13.6. The SMILES string of the molecule is O=C(NCc1ccc(Cn2cncn2)cc1)[C@@H]1Cc2ccccc2O1. The molecule has 0 unspecified atom stereocenters. The first-order chi connectivity index (χ1) is 12.3. The predicted octanol–water partition coefficient (Wildman–Crippen LogP) is 1.95. The summed E-state index contributed by atoms with van der Waals surface area (Å²) in [6, 6.07) is 15.9. The molecule has 0 spiro atoms. The fraction of sp³-hybridized carbons (Fsp3) is 0.211. The number of amides is 1. The normalized spacial score (nSPS) is 15.4. The molecule has 1 atom stereocenters. The first-order valence-electron chi connectivity index (χ1n) is 8.20. The molecule has 6 heteroatoms. The second kappa shape index (κ2) is 6.76. The van der Waals surface area contributed by atoms with Crippen LogP contribution in [0.2, 0.25) is 0 Å². The Morgan fingerprint density at radius 3 is 2.72 bits per heavy atom. The summed E-state index contributed by atoms with van der Waals surface area (Å²) in [5.41, 5.74) is 3.27. The molecule has 0 aliphatic carbocycles. The summed E-state index contributed by atoms with van der Waals surface area (Å²) in [6.45, 7) is 1.17. The van der Waals surface area contributed by atoms with Crippen molar-refractivity contribution < 1.29 is 9.53 Å². The van der Waals surface area contributed by atoms with Gasteiger partial charge in [-0.25, -0.2) is 9.67 Å². The average Bonchev–Trinajstić information content (AvgIpc) is 3.30. The van der Waals surface area contributed by atoms with Crippen LogP contribution in [0.5, 0.6) is 5.75 Å². The Morgan fingerprint density at radius 2 is 1.96 bits per heavy atom. The number of carbonyl (C=O) groups excluding carboxylic acids is 1. The van der Waals surface area contributed by atoms with Gasteiger partial charge in [-0.2, -0.15) is 5.10 Å². The van der Waals surface area contributed by atoms with Crippen molar-refractivity contribution in [2.75, 3.05) is 0 Å². The predicted molar refractivity (Wildman–Crippen MR) is 92.0 cm³/mol. The standard InChI is InChI=1S/C19H18N4O2/c24-19(18-9-16-3-1-2-4-17(16)25-18)21-10-14-5-7-15(8-6-14)11-23-13-20-12-22-23/h1-8,12-13,18H,9-11H2,(H,21,24)/t18-/m0/s1. The third kappa shape index (κ3) is 3.52. The van der Waals surface area contributed by atoms with Crippen molar-refractivity contribution in [1.29, 1.82) is 0 Å². The van der Waals surface area contributed by atoms with E-state index in [4.69, 9.17) is 4.74 Å². The number of carbonyl (C=O) groups is 1. The lowest BCUT2D eigenvalue weighted by Gasteiger charge is -2.11. The summed E-state index contributed by atoms with van der Waals surface area (Å²) in [6.07, 6.45) is 3.39. The molecule has 0 fully saturated rings. The van der Waals surface area contributed by atoms with Crippen molar-refractivity contribution in [3.63, 3.8) is 0 Å². The highest BCUT2D eigenvalue weighted by Gasteiger charge is 2.28. The third-order valence-corrected chi connectivity index (χ3v) is 4.24. The van der Waals surface area contributed by atoms with Gasteiger partial charge in [-0.1, -0.05) is 42.5 Å². The second-order valence-corrected chi connectivity index (χ2v) is 6.05. The minimum Gasteiger partial charge on any atom is -0.480 e. The number of hydrogen-bond acceptors (Lipinski definition) is 4. The quantitative estimate of drug-likeness (QED) is 0.774. The van der Waals surface area contributed by atoms with Gasteiger partial charge in [0.05, 0.1) is 6.54 Å². The topological polar surface area (TPSA) is 69.0 Å². The van der Waals surface area contributed by atoms with E-state index in [1.54, 1.807) is 11.0 Å². The van der Waals surface area contributed by atoms with Crippen LogP contribution in [0.3, 0.4) is 0 Å². The summed E-state index contributed by atoms with van der Waals surface area (Å²) >= 11 is 0. The monoisotopic (exact) mass is 334 g/mol. The number of hydrogen-bond donors (Lipinski definition) is 1. The summed E-state index contributed by atoms with van der Waals surface area (Å²) in [5, 5.41) is 7.04. The van der Waals surface area contributed by atoms with E-state index in [0.29, 0.717) is 19.5 Å². The van der Waals surface area contributed by atoms with Gasteiger partial charge < -0.3 is 10.1 Å². The van der Waals surface area contributed by atoms with Gasteiger partial charge >= 0.3 is 0 Å². The van der Waals surface area contributed by atoms with Gasteiger partial charge in [-0.15, -0.1) is 0 Å². The molecule has 25 heavy (non-hydrogen) atoms. The number of ether oxygens (including phenoxy) is 1. The molecule has 0 saturated heterocycles. The Morgan fingerprint density at radius 1 is 1.16 bits per heavy atom. The first kappa shape index (κ1) is 15.4. The maximum Gasteiger partial charge on any atom is 0.261 e. The van der Waals surface area contributed by atoms with E-state index in [2.05, 4.69) is 15.4 Å². The fourth-order valence-electron chi connectivity index (χ4n) is 2.90. The Bertz CT molecular complexity index is 834. The molecule has 1 aromatic heterocycles. The highest BCUT2D eigenvalue weighted by Crippen LogP contribution is 2.28. The largest absolute Gasteiger partial charge is 0.480 e. The maximum atomic E-state index is 12.3. The van der Waals surface area contributed by atoms with E-state index < -0.39 is 6.10 Å². The summed E-state index contributed by atoms with van der Waals surface area (Å²) in [5.74, 6) is 0.725. The lowest BCUT2D eigenvalue weighted by molar-refractivity contribution is -0.127. The molecule has 0 bridgehead atoms. The van der Waals surface area contributed by atoms with Crippen molar-refractivity contribution in [2.45, 2.75) is 25.6 Å². The average molecular weight is 334 g/mol. The molecule has 4 rings (SSSR count). The van der Waals surface area contributed by atoms with Crippen molar-refractivity contribution in [3.8, 4) is 5.75 Å². The molecule has 3 aromatic rings. The summed E-state index contributed by atoms with van der Waals surface area (Å²) in [4.78, 5) is 16.2. The van der Waals surface area contributed by atoms with Crippen molar-refractivity contribution in [2.24, 2.45) is 0 Å². The van der Waals surface area contributed by atoms with Crippen LogP contribution in [0.15, 0.2) is 61.2 Å². The Kier molecular flexibility index (Phi) is 4.16. The van der Waals surface area contributed by atoms with Gasteiger partial charge in [-0.05, 0) is 22.8 Å². The van der Waals surface area contributed by atoms with Crippen molar-refractivity contribution >= 4 is 5.91 Å². The molecule has 0 saturated carbocycles. The van der Waals surface area contributed by atoms with Crippen molar-refractivity contribution in [1.82, 2.24) is 20.1 Å². The van der Waals surface area contributed by atoms with Crippen molar-refractivity contribution in [3.05, 3.63) is 77.9 Å². The molecular weight excluding hydrogens is 316 g/mol. The molecule has 126 valence electrons. The van der Waals surface area contributed by atoms with Gasteiger partial charge in [0.1, 0.15) is 18.4 Å². The van der Waals surface area contributed by atoms with Crippen LogP contribution in [-0.2, 0) is 24.3 Å². The highest BCUT2D eigenvalue weighted by molar-refractivity contribution is 5.82. The molecule has 0 radical (unpaired) electrons. The highest BCUT2D eigenvalue weighted by atomic mass is 16.5. The van der Waals surface area contributed by atoms with Gasteiger partial charge in [0.15, 0.2) is 6.10 Å². The van der Waals surface area contributed by atoms with Gasteiger partial charge in [0.25, 0.3) is 5.91 Å². The summed E-state index contributed by atoms with van der Waals surface area (Å²) < 4.78 is 7.48. The fourth-order valence-corrected chi connectivity index (χ4v) is 2.90. The smallest absolute Gasteiger partial charge is 0.261 e. The lowest BCUT2D eigenvalue weighted by atomic mass is 10.1. The number of para-hydroxylation sites is 1. The minimum absolute atomic E-state index is 0.0807. The van der Waals surface area contributed by atoms with Crippen LogP contribution in [-0.4, -0.2) is 26.8 Å². The maximum absolute atomic E-state index is 12.3. The van der Waals surface area contributed by atoms with Crippen LogP contribution in [0.25, 0.3) is 0 Å². The molecule has 1 aliphatic heterocycles. The van der Waals surface area contributed by atoms with E-state index in [-0.39, 0.29) is 5.91 Å². The van der Waals surface area contributed by atoms with Crippen LogP contribution in [0.4, 0.5) is 0 Å². The molecule has 6 nitrogen and oxygen atoms in total. The van der Waals surface area contributed by atoms with Gasteiger partial charge in [0.2, 0.25) is 0 Å². The first-order valence-corrected chi connectivity index (χ1v) is 8.20. The van der Waals surface area contributed by atoms with Crippen LogP contribution in [0, 0.1) is 0 Å². The number of fused-ring (bicyclic) bond motifs is 1. The Hall–Kier alpha value is -3.15. The van der Waals surface area contributed by atoms with Crippen LogP contribution >= 0.6 is 0 Å². The van der Waals surface area contributed by atoms with Gasteiger partial charge in [0, 0.05) is 13.0 Å². The number of rotatable bonds is 5. The zero-order valence-corrected chi connectivity index (χ0v) is 13.6. The summed E-state index contributed by atoms with van der Waals surface area (Å²) in [7, 11) is 0.